The van der Waals surface area contributed by atoms with Gasteiger partial charge in [0.15, 0.2) is 0 Å². The van der Waals surface area contributed by atoms with Gasteiger partial charge in [0.1, 0.15) is 12.4 Å². The third kappa shape index (κ3) is 3.36. The number of hydrogen-bond donors (Lipinski definition) is 1. The maximum Gasteiger partial charge on any atom is 0.247 e. The van der Waals surface area contributed by atoms with Crippen molar-refractivity contribution in [3.05, 3.63) is 30.3 Å². The number of rotatable bonds is 6. The Morgan fingerprint density at radius 2 is 2.00 bits per heavy atom. The van der Waals surface area contributed by atoms with Gasteiger partial charge in [-0.3, -0.25) is 14.5 Å². The van der Waals surface area contributed by atoms with Crippen LogP contribution in [0.15, 0.2) is 30.3 Å². The van der Waals surface area contributed by atoms with Crippen LogP contribution in [0.4, 0.5) is 0 Å². The van der Waals surface area contributed by atoms with E-state index in [9.17, 15) is 9.59 Å². The third-order valence-electron chi connectivity index (χ3n) is 3.20. The average Bonchev–Trinajstić information content (AvgIpc) is 2.71. The summed E-state index contributed by atoms with van der Waals surface area (Å²) in [5, 5.41) is 3.08. The number of amides is 2. The molecule has 108 valence electrons. The van der Waals surface area contributed by atoms with Crippen LogP contribution in [0.3, 0.4) is 0 Å². The maximum absolute atomic E-state index is 12.0. The number of ether oxygens (including phenoxy) is 1. The number of para-hydroxylation sites is 1. The van der Waals surface area contributed by atoms with Crippen LogP contribution in [0.1, 0.15) is 20.3 Å². The SMILES string of the molecule is CC(C)N1C(=O)CC(NCCOc2ccccc2)C1=O. The molecule has 1 saturated heterocycles. The largest absolute Gasteiger partial charge is 0.492 e. The van der Waals surface area contributed by atoms with Gasteiger partial charge in [-0.25, -0.2) is 0 Å². The standard InChI is InChI=1S/C15H20N2O3/c1-11(2)17-14(18)10-13(15(17)19)16-8-9-20-12-6-4-3-5-7-12/h3-7,11,13,16H,8-10H2,1-2H3. The molecular weight excluding hydrogens is 256 g/mol. The Balaban J connectivity index is 1.75. The van der Waals surface area contributed by atoms with Gasteiger partial charge < -0.3 is 10.1 Å². The van der Waals surface area contributed by atoms with Gasteiger partial charge in [-0.15, -0.1) is 0 Å². The summed E-state index contributed by atoms with van der Waals surface area (Å²) in [5.74, 6) is 0.558. The van der Waals surface area contributed by atoms with E-state index >= 15 is 0 Å². The minimum Gasteiger partial charge on any atom is -0.492 e. The Kier molecular flexibility index (Phi) is 4.74. The van der Waals surface area contributed by atoms with Gasteiger partial charge in [0.05, 0.1) is 12.5 Å². The summed E-state index contributed by atoms with van der Waals surface area (Å²) >= 11 is 0. The number of imide groups is 1. The van der Waals surface area contributed by atoms with Gasteiger partial charge >= 0.3 is 0 Å². The molecule has 5 heteroatoms. The van der Waals surface area contributed by atoms with Crippen LogP contribution in [0, 0.1) is 0 Å². The normalized spacial score (nSPS) is 18.9. The van der Waals surface area contributed by atoms with Crippen LogP contribution in [0.2, 0.25) is 0 Å². The summed E-state index contributed by atoms with van der Waals surface area (Å²) < 4.78 is 5.53. The molecule has 1 fully saturated rings. The summed E-state index contributed by atoms with van der Waals surface area (Å²) in [6.07, 6.45) is 0.238. The lowest BCUT2D eigenvalue weighted by molar-refractivity contribution is -0.140. The molecule has 0 radical (unpaired) electrons. The minimum atomic E-state index is -0.413. The molecule has 2 amide bonds. The first-order valence-corrected chi connectivity index (χ1v) is 6.86. The molecule has 20 heavy (non-hydrogen) atoms. The predicted molar refractivity (Wildman–Crippen MR) is 75.3 cm³/mol. The second kappa shape index (κ2) is 6.52. The number of nitrogens with one attached hydrogen (secondary N) is 1. The Hall–Kier alpha value is -1.88. The molecule has 1 aromatic carbocycles. The van der Waals surface area contributed by atoms with E-state index in [0.717, 1.165) is 5.75 Å². The smallest absolute Gasteiger partial charge is 0.247 e. The quantitative estimate of drug-likeness (QED) is 0.626. The highest BCUT2D eigenvalue weighted by atomic mass is 16.5. The van der Waals surface area contributed by atoms with Crippen LogP contribution in [-0.2, 0) is 9.59 Å². The highest BCUT2D eigenvalue weighted by Gasteiger charge is 2.39. The molecule has 1 atom stereocenters. The molecule has 1 aliphatic heterocycles. The summed E-state index contributed by atoms with van der Waals surface area (Å²) in [6, 6.07) is 9.00. The van der Waals surface area contributed by atoms with Crippen LogP contribution < -0.4 is 10.1 Å². The first-order valence-electron chi connectivity index (χ1n) is 6.86. The summed E-state index contributed by atoms with van der Waals surface area (Å²) in [7, 11) is 0. The van der Waals surface area contributed by atoms with Gasteiger partial charge in [0.2, 0.25) is 11.8 Å². The number of benzene rings is 1. The van der Waals surface area contributed by atoms with E-state index < -0.39 is 6.04 Å². The Bertz CT molecular complexity index is 473. The Morgan fingerprint density at radius 3 is 2.60 bits per heavy atom. The first-order chi connectivity index (χ1) is 9.59. The molecule has 0 spiro atoms. The van der Waals surface area contributed by atoms with Crippen molar-refractivity contribution < 1.29 is 14.3 Å². The monoisotopic (exact) mass is 276 g/mol. The molecule has 1 unspecified atom stereocenters. The van der Waals surface area contributed by atoms with Crippen molar-refractivity contribution in [2.45, 2.75) is 32.4 Å². The van der Waals surface area contributed by atoms with Crippen molar-refractivity contribution in [2.24, 2.45) is 0 Å². The van der Waals surface area contributed by atoms with Gasteiger partial charge in [-0.2, -0.15) is 0 Å². The molecule has 0 bridgehead atoms. The van der Waals surface area contributed by atoms with Gasteiger partial charge in [-0.1, -0.05) is 18.2 Å². The van der Waals surface area contributed by atoms with E-state index in [-0.39, 0.29) is 24.3 Å². The van der Waals surface area contributed by atoms with Gasteiger partial charge in [-0.05, 0) is 26.0 Å². The van der Waals surface area contributed by atoms with Crippen molar-refractivity contribution in [3.8, 4) is 5.75 Å². The average molecular weight is 276 g/mol. The van der Waals surface area contributed by atoms with Crippen molar-refractivity contribution in [3.63, 3.8) is 0 Å². The molecule has 0 saturated carbocycles. The molecule has 1 aliphatic rings. The molecule has 1 aromatic rings. The van der Waals surface area contributed by atoms with E-state index in [4.69, 9.17) is 4.74 Å². The van der Waals surface area contributed by atoms with Gasteiger partial charge in [0.25, 0.3) is 0 Å². The minimum absolute atomic E-state index is 0.0811. The zero-order valence-electron chi connectivity index (χ0n) is 11.8. The topological polar surface area (TPSA) is 58.6 Å². The lowest BCUT2D eigenvalue weighted by Gasteiger charge is -2.19. The Labute approximate surface area is 118 Å². The van der Waals surface area contributed by atoms with Crippen LogP contribution in [0.5, 0.6) is 5.75 Å². The lowest BCUT2D eigenvalue weighted by atomic mass is 10.2. The molecule has 1 heterocycles. The fourth-order valence-corrected chi connectivity index (χ4v) is 2.27. The molecule has 5 nitrogen and oxygen atoms in total. The molecule has 2 rings (SSSR count). The number of likely N-dealkylation sites (tertiary alicyclic amines) is 1. The van der Waals surface area contributed by atoms with E-state index in [1.165, 1.54) is 4.90 Å². The number of hydrogen-bond acceptors (Lipinski definition) is 4. The van der Waals surface area contributed by atoms with E-state index in [0.29, 0.717) is 13.2 Å². The van der Waals surface area contributed by atoms with E-state index in [1.54, 1.807) is 0 Å². The second-order valence-corrected chi connectivity index (χ2v) is 5.07. The van der Waals surface area contributed by atoms with Crippen molar-refractivity contribution in [2.75, 3.05) is 13.2 Å². The summed E-state index contributed by atoms with van der Waals surface area (Å²) in [4.78, 5) is 25.1. The Morgan fingerprint density at radius 1 is 1.30 bits per heavy atom. The van der Waals surface area contributed by atoms with Crippen LogP contribution in [-0.4, -0.2) is 41.9 Å². The van der Waals surface area contributed by atoms with Crippen LogP contribution >= 0.6 is 0 Å². The van der Waals surface area contributed by atoms with Crippen molar-refractivity contribution in [1.82, 2.24) is 10.2 Å². The highest BCUT2D eigenvalue weighted by molar-refractivity contribution is 6.05. The predicted octanol–water partition coefficient (Wildman–Crippen LogP) is 1.19. The zero-order chi connectivity index (χ0) is 14.5. The highest BCUT2D eigenvalue weighted by Crippen LogP contribution is 2.16. The summed E-state index contributed by atoms with van der Waals surface area (Å²) in [6.45, 7) is 4.68. The van der Waals surface area contributed by atoms with Gasteiger partial charge in [0, 0.05) is 12.6 Å². The second-order valence-electron chi connectivity index (χ2n) is 5.07. The fraction of sp³-hybridized carbons (Fsp3) is 0.467. The van der Waals surface area contributed by atoms with Crippen molar-refractivity contribution in [1.29, 1.82) is 0 Å². The number of carbonyl (C=O) groups excluding carboxylic acids is 2. The molecular formula is C15H20N2O3. The number of carbonyl (C=O) groups is 2. The number of nitrogens with zero attached hydrogens (tertiary/aromatic N) is 1. The fourth-order valence-electron chi connectivity index (χ4n) is 2.27. The lowest BCUT2D eigenvalue weighted by Crippen LogP contribution is -2.42. The molecule has 0 aromatic heterocycles. The van der Waals surface area contributed by atoms with Crippen molar-refractivity contribution >= 4 is 11.8 Å². The first kappa shape index (κ1) is 14.5. The maximum atomic E-state index is 12.0. The molecule has 0 aliphatic carbocycles. The third-order valence-corrected chi connectivity index (χ3v) is 3.20. The molecule has 1 N–H and O–H groups in total. The van der Waals surface area contributed by atoms with Crippen LogP contribution in [0.25, 0.3) is 0 Å². The summed E-state index contributed by atoms with van der Waals surface area (Å²) in [5.41, 5.74) is 0. The zero-order valence-corrected chi connectivity index (χ0v) is 11.8. The van der Waals surface area contributed by atoms with E-state index in [1.807, 2.05) is 44.2 Å². The van der Waals surface area contributed by atoms with E-state index in [2.05, 4.69) is 5.32 Å².